The van der Waals surface area contributed by atoms with Gasteiger partial charge in [-0.15, -0.1) is 10.2 Å². The molecule has 0 saturated heterocycles. The molecule has 0 fully saturated rings. The Kier molecular flexibility index (Phi) is 3.74. The van der Waals surface area contributed by atoms with E-state index in [1.165, 1.54) is 0 Å². The molecule has 3 N–H and O–H groups in total. The lowest BCUT2D eigenvalue weighted by atomic mass is 9.86. The Hall–Kier alpha value is -2.36. The van der Waals surface area contributed by atoms with Crippen molar-refractivity contribution in [3.05, 3.63) is 48.0 Å². The molecule has 0 aliphatic carbocycles. The topological polar surface area (TPSA) is 71.0 Å². The molecule has 0 heterocycles. The van der Waals surface area contributed by atoms with Gasteiger partial charge in [0.1, 0.15) is 17.1 Å². The Morgan fingerprint density at radius 3 is 2.15 bits per heavy atom. The van der Waals surface area contributed by atoms with E-state index in [-0.39, 0.29) is 11.2 Å². The van der Waals surface area contributed by atoms with E-state index >= 15 is 0 Å². The van der Waals surface area contributed by atoms with Crippen LogP contribution in [0.5, 0.6) is 5.75 Å². The van der Waals surface area contributed by atoms with Crippen LogP contribution in [0.3, 0.4) is 0 Å². The molecule has 2 aromatic carbocycles. The van der Waals surface area contributed by atoms with Crippen LogP contribution in [-0.4, -0.2) is 5.11 Å². The number of nitrogens with zero attached hydrogens (tertiary/aromatic N) is 2. The van der Waals surface area contributed by atoms with Crippen molar-refractivity contribution in [3.63, 3.8) is 0 Å². The molecular formula is C16H19N3O. The van der Waals surface area contributed by atoms with Crippen LogP contribution in [0.2, 0.25) is 0 Å². The first-order chi connectivity index (χ1) is 9.39. The molecule has 4 heteroatoms. The normalized spacial score (nSPS) is 11.9. The average Bonchev–Trinajstić information content (AvgIpc) is 2.38. The lowest BCUT2D eigenvalue weighted by Gasteiger charge is -2.20. The molecular weight excluding hydrogens is 250 g/mol. The standard InChI is InChI=1S/C16H19N3O/c1-16(2,3)11-7-6-10-14(15(11)20)19-18-13-9-5-4-8-12(13)17/h4-10,20H,17H2,1-3H3. The Morgan fingerprint density at radius 2 is 1.50 bits per heavy atom. The molecule has 0 spiro atoms. The number of rotatable bonds is 2. The fourth-order valence-electron chi connectivity index (χ4n) is 1.90. The summed E-state index contributed by atoms with van der Waals surface area (Å²) in [5.41, 5.74) is 8.09. The second-order valence-electron chi connectivity index (χ2n) is 5.68. The number of phenols is 1. The molecule has 0 bridgehead atoms. The van der Waals surface area contributed by atoms with E-state index < -0.39 is 0 Å². The molecule has 0 aromatic heterocycles. The van der Waals surface area contributed by atoms with Gasteiger partial charge in [-0.3, -0.25) is 0 Å². The molecule has 0 aliphatic heterocycles. The van der Waals surface area contributed by atoms with Crippen LogP contribution in [0, 0.1) is 0 Å². The van der Waals surface area contributed by atoms with Crippen molar-refractivity contribution >= 4 is 17.1 Å². The van der Waals surface area contributed by atoms with Gasteiger partial charge in [0.2, 0.25) is 0 Å². The molecule has 0 radical (unpaired) electrons. The minimum Gasteiger partial charge on any atom is -0.505 e. The van der Waals surface area contributed by atoms with Gasteiger partial charge in [0, 0.05) is 5.56 Å². The molecule has 0 aliphatic rings. The number of nitrogens with two attached hydrogens (primary N) is 1. The summed E-state index contributed by atoms with van der Waals surface area (Å²) in [5, 5.41) is 18.5. The zero-order valence-electron chi connectivity index (χ0n) is 12.0. The van der Waals surface area contributed by atoms with Gasteiger partial charge in [0.15, 0.2) is 0 Å². The van der Waals surface area contributed by atoms with E-state index in [1.807, 2.05) is 45.0 Å². The Bertz CT molecular complexity index is 642. The molecule has 2 aromatic rings. The number of aromatic hydroxyl groups is 1. The lowest BCUT2D eigenvalue weighted by molar-refractivity contribution is 0.448. The third-order valence-corrected chi connectivity index (χ3v) is 3.02. The third kappa shape index (κ3) is 2.96. The van der Waals surface area contributed by atoms with E-state index in [9.17, 15) is 5.11 Å². The van der Waals surface area contributed by atoms with Crippen molar-refractivity contribution < 1.29 is 5.11 Å². The van der Waals surface area contributed by atoms with Crippen molar-refractivity contribution in [1.29, 1.82) is 0 Å². The Morgan fingerprint density at radius 1 is 0.900 bits per heavy atom. The van der Waals surface area contributed by atoms with Crippen LogP contribution in [-0.2, 0) is 5.41 Å². The van der Waals surface area contributed by atoms with Gasteiger partial charge in [0.05, 0.1) is 5.69 Å². The number of hydrogen-bond donors (Lipinski definition) is 2. The van der Waals surface area contributed by atoms with Crippen LogP contribution in [0.1, 0.15) is 26.3 Å². The van der Waals surface area contributed by atoms with Crippen molar-refractivity contribution in [3.8, 4) is 5.75 Å². The van der Waals surface area contributed by atoms with Gasteiger partial charge >= 0.3 is 0 Å². The van der Waals surface area contributed by atoms with E-state index in [1.54, 1.807) is 18.2 Å². The number of anilines is 1. The summed E-state index contributed by atoms with van der Waals surface area (Å²) in [6, 6.07) is 12.7. The first-order valence-electron chi connectivity index (χ1n) is 6.48. The van der Waals surface area contributed by atoms with Gasteiger partial charge < -0.3 is 10.8 Å². The maximum Gasteiger partial charge on any atom is 0.146 e. The minimum absolute atomic E-state index is 0.151. The highest BCUT2D eigenvalue weighted by Crippen LogP contribution is 2.38. The van der Waals surface area contributed by atoms with E-state index in [0.717, 1.165) is 5.56 Å². The maximum absolute atomic E-state index is 10.3. The molecule has 0 atom stereocenters. The monoisotopic (exact) mass is 269 g/mol. The summed E-state index contributed by atoms with van der Waals surface area (Å²) in [6.45, 7) is 6.12. The summed E-state index contributed by atoms with van der Waals surface area (Å²) >= 11 is 0. The first-order valence-corrected chi connectivity index (χ1v) is 6.48. The molecule has 2 rings (SSSR count). The van der Waals surface area contributed by atoms with Gasteiger partial charge in [-0.2, -0.15) is 0 Å². The number of azo groups is 1. The largest absolute Gasteiger partial charge is 0.505 e. The van der Waals surface area contributed by atoms with Crippen molar-refractivity contribution in [2.24, 2.45) is 10.2 Å². The smallest absolute Gasteiger partial charge is 0.146 e. The summed E-state index contributed by atoms with van der Waals surface area (Å²) in [4.78, 5) is 0. The third-order valence-electron chi connectivity index (χ3n) is 3.02. The molecule has 0 amide bonds. The van der Waals surface area contributed by atoms with Gasteiger partial charge in [-0.05, 0) is 23.6 Å². The summed E-state index contributed by atoms with van der Waals surface area (Å²) < 4.78 is 0. The quantitative estimate of drug-likeness (QED) is 0.613. The van der Waals surface area contributed by atoms with Crippen LogP contribution >= 0.6 is 0 Å². The molecule has 0 saturated carbocycles. The highest BCUT2D eigenvalue weighted by atomic mass is 16.3. The fraction of sp³-hybridized carbons (Fsp3) is 0.250. The first kappa shape index (κ1) is 14.1. The number of benzene rings is 2. The molecule has 0 unspecified atom stereocenters. The van der Waals surface area contributed by atoms with Crippen LogP contribution in [0.25, 0.3) is 0 Å². The van der Waals surface area contributed by atoms with Crippen LogP contribution in [0.4, 0.5) is 17.1 Å². The number of phenolic OH excluding ortho intramolecular Hbond substituents is 1. The summed E-state index contributed by atoms with van der Waals surface area (Å²) in [6.07, 6.45) is 0. The predicted octanol–water partition coefficient (Wildman–Crippen LogP) is 4.69. The fourth-order valence-corrected chi connectivity index (χ4v) is 1.90. The Labute approximate surface area is 119 Å². The predicted molar refractivity (Wildman–Crippen MR) is 81.8 cm³/mol. The summed E-state index contributed by atoms with van der Waals surface area (Å²) in [7, 11) is 0. The second-order valence-corrected chi connectivity index (χ2v) is 5.68. The van der Waals surface area contributed by atoms with Crippen molar-refractivity contribution in [1.82, 2.24) is 0 Å². The highest BCUT2D eigenvalue weighted by molar-refractivity contribution is 5.62. The zero-order valence-corrected chi connectivity index (χ0v) is 12.0. The SMILES string of the molecule is CC(C)(C)c1cccc(N=Nc2ccccc2N)c1O. The molecule has 20 heavy (non-hydrogen) atoms. The van der Waals surface area contributed by atoms with Gasteiger partial charge in [0.25, 0.3) is 0 Å². The molecule has 104 valence electrons. The second kappa shape index (κ2) is 5.33. The zero-order chi connectivity index (χ0) is 14.8. The lowest BCUT2D eigenvalue weighted by Crippen LogP contribution is -2.10. The average molecular weight is 269 g/mol. The van der Waals surface area contributed by atoms with Crippen molar-refractivity contribution in [2.45, 2.75) is 26.2 Å². The number of hydrogen-bond acceptors (Lipinski definition) is 4. The number of nitrogen functional groups attached to an aromatic ring is 1. The highest BCUT2D eigenvalue weighted by Gasteiger charge is 2.19. The molecule has 4 nitrogen and oxygen atoms in total. The Balaban J connectivity index is 2.38. The number of para-hydroxylation sites is 2. The van der Waals surface area contributed by atoms with Gasteiger partial charge in [-0.1, -0.05) is 45.0 Å². The van der Waals surface area contributed by atoms with E-state index in [4.69, 9.17) is 5.73 Å². The van der Waals surface area contributed by atoms with E-state index in [2.05, 4.69) is 10.2 Å². The van der Waals surface area contributed by atoms with E-state index in [0.29, 0.717) is 17.1 Å². The van der Waals surface area contributed by atoms with Crippen molar-refractivity contribution in [2.75, 3.05) is 5.73 Å². The van der Waals surface area contributed by atoms with Crippen LogP contribution in [0.15, 0.2) is 52.7 Å². The van der Waals surface area contributed by atoms with Crippen LogP contribution < -0.4 is 5.73 Å². The minimum atomic E-state index is -0.151. The summed E-state index contributed by atoms with van der Waals surface area (Å²) in [5.74, 6) is 0.165. The van der Waals surface area contributed by atoms with Gasteiger partial charge in [-0.25, -0.2) is 0 Å². The maximum atomic E-state index is 10.3.